The Morgan fingerprint density at radius 1 is 0.895 bits per heavy atom. The summed E-state index contributed by atoms with van der Waals surface area (Å²) in [5.74, 6) is 0.0616. The fourth-order valence-electron chi connectivity index (χ4n) is 1.81. The summed E-state index contributed by atoms with van der Waals surface area (Å²) in [6, 6.07) is 7.15. The molecule has 0 aliphatic carbocycles. The highest BCUT2D eigenvalue weighted by atomic mass is 16.1. The molecule has 0 aliphatic heterocycles. The van der Waals surface area contributed by atoms with Crippen molar-refractivity contribution in [1.29, 1.82) is 0 Å². The number of carbonyl (C=O) groups is 2. The van der Waals surface area contributed by atoms with E-state index in [-0.39, 0.29) is 11.6 Å². The summed E-state index contributed by atoms with van der Waals surface area (Å²) in [6.07, 6.45) is 0.754. The maximum atomic E-state index is 12.6. The molecule has 2 nitrogen and oxygen atoms in total. The van der Waals surface area contributed by atoms with Gasteiger partial charge in [-0.05, 0) is 6.42 Å². The van der Waals surface area contributed by atoms with Crippen molar-refractivity contribution in [3.05, 3.63) is 35.4 Å². The minimum absolute atomic E-state index is 0.0170. The molecule has 0 bridgehead atoms. The highest BCUT2D eigenvalue weighted by Crippen LogP contribution is 2.30. The molecule has 1 aromatic rings. The van der Waals surface area contributed by atoms with E-state index in [1.165, 1.54) is 0 Å². The molecule has 19 heavy (non-hydrogen) atoms. The van der Waals surface area contributed by atoms with E-state index in [9.17, 15) is 9.59 Å². The van der Waals surface area contributed by atoms with Crippen LogP contribution in [0, 0.1) is 10.8 Å². The van der Waals surface area contributed by atoms with E-state index < -0.39 is 10.8 Å². The smallest absolute Gasteiger partial charge is 0.169 e. The van der Waals surface area contributed by atoms with Gasteiger partial charge in [0.05, 0.1) is 0 Å². The zero-order valence-electron chi connectivity index (χ0n) is 12.8. The molecule has 0 radical (unpaired) electrons. The maximum Gasteiger partial charge on any atom is 0.169 e. The lowest BCUT2D eigenvalue weighted by Crippen LogP contribution is -2.28. The minimum Gasteiger partial charge on any atom is -0.294 e. The third kappa shape index (κ3) is 3.31. The van der Waals surface area contributed by atoms with Crippen LogP contribution in [-0.2, 0) is 0 Å². The van der Waals surface area contributed by atoms with Gasteiger partial charge in [0.25, 0.3) is 0 Å². The van der Waals surface area contributed by atoms with E-state index >= 15 is 0 Å². The fourth-order valence-corrected chi connectivity index (χ4v) is 1.81. The maximum absolute atomic E-state index is 12.6. The SMILES string of the molecule is CCC(C)(C)C(=O)c1ccccc1C(=O)C(C)(C)C. The Morgan fingerprint density at radius 3 is 1.68 bits per heavy atom. The Bertz CT molecular complexity index is 490. The molecule has 1 aromatic carbocycles. The first-order valence-corrected chi connectivity index (χ1v) is 6.80. The van der Waals surface area contributed by atoms with Gasteiger partial charge in [-0.15, -0.1) is 0 Å². The lowest BCUT2D eigenvalue weighted by atomic mass is 9.77. The highest BCUT2D eigenvalue weighted by Gasteiger charge is 2.32. The lowest BCUT2D eigenvalue weighted by Gasteiger charge is -2.24. The van der Waals surface area contributed by atoms with Gasteiger partial charge in [0.15, 0.2) is 11.6 Å². The predicted octanol–water partition coefficient (Wildman–Crippen LogP) is 4.53. The molecule has 0 heterocycles. The molecule has 1 rings (SSSR count). The average molecular weight is 260 g/mol. The Kier molecular flexibility index (Phi) is 4.34. The van der Waals surface area contributed by atoms with Crippen LogP contribution in [0.25, 0.3) is 0 Å². The molecule has 0 aliphatic rings. The molecule has 104 valence electrons. The van der Waals surface area contributed by atoms with Crippen LogP contribution >= 0.6 is 0 Å². The summed E-state index contributed by atoms with van der Waals surface area (Å²) in [4.78, 5) is 25.1. The van der Waals surface area contributed by atoms with Gasteiger partial charge in [-0.2, -0.15) is 0 Å². The van der Waals surface area contributed by atoms with Crippen molar-refractivity contribution < 1.29 is 9.59 Å². The van der Waals surface area contributed by atoms with Crippen molar-refractivity contribution in [1.82, 2.24) is 0 Å². The first-order valence-electron chi connectivity index (χ1n) is 6.80. The van der Waals surface area contributed by atoms with Crippen molar-refractivity contribution in [3.63, 3.8) is 0 Å². The van der Waals surface area contributed by atoms with E-state index in [0.717, 1.165) is 6.42 Å². The molecule has 0 N–H and O–H groups in total. The number of hydrogen-bond acceptors (Lipinski definition) is 2. The van der Waals surface area contributed by atoms with Gasteiger partial charge in [0.1, 0.15) is 0 Å². The van der Waals surface area contributed by atoms with Gasteiger partial charge >= 0.3 is 0 Å². The molecular formula is C17H24O2. The van der Waals surface area contributed by atoms with Crippen LogP contribution in [0.15, 0.2) is 24.3 Å². The Morgan fingerprint density at radius 2 is 1.32 bits per heavy atom. The van der Waals surface area contributed by atoms with Crippen molar-refractivity contribution >= 4 is 11.6 Å². The molecule has 0 saturated carbocycles. The predicted molar refractivity (Wildman–Crippen MR) is 78.6 cm³/mol. The van der Waals surface area contributed by atoms with E-state index in [2.05, 4.69) is 0 Å². The number of Topliss-reactive ketones (excluding diaryl/α,β-unsaturated/α-hetero) is 2. The zero-order valence-corrected chi connectivity index (χ0v) is 12.8. The third-order valence-electron chi connectivity index (χ3n) is 3.60. The normalized spacial score (nSPS) is 12.3. The molecule has 0 amide bonds. The van der Waals surface area contributed by atoms with Gasteiger partial charge in [-0.25, -0.2) is 0 Å². The standard InChI is InChI=1S/C17H24O2/c1-7-17(5,6)15(19)13-11-9-8-10-12(13)14(18)16(2,3)4/h8-11H,7H2,1-6H3. The van der Waals surface area contributed by atoms with Gasteiger partial charge in [0, 0.05) is 22.0 Å². The van der Waals surface area contributed by atoms with Crippen LogP contribution in [0.5, 0.6) is 0 Å². The van der Waals surface area contributed by atoms with E-state index in [1.54, 1.807) is 12.1 Å². The van der Waals surface area contributed by atoms with Crippen LogP contribution in [0.4, 0.5) is 0 Å². The van der Waals surface area contributed by atoms with Crippen LogP contribution in [0.2, 0.25) is 0 Å². The molecule has 0 atom stereocenters. The third-order valence-corrected chi connectivity index (χ3v) is 3.60. The Hall–Kier alpha value is -1.44. The Labute approximate surface area is 116 Å². The molecule has 0 spiro atoms. The van der Waals surface area contributed by atoms with Crippen molar-refractivity contribution in [3.8, 4) is 0 Å². The van der Waals surface area contributed by atoms with Gasteiger partial charge < -0.3 is 0 Å². The second-order valence-corrected chi connectivity index (χ2v) is 6.69. The minimum atomic E-state index is -0.479. The van der Waals surface area contributed by atoms with Crippen molar-refractivity contribution in [2.24, 2.45) is 10.8 Å². The van der Waals surface area contributed by atoms with Crippen LogP contribution < -0.4 is 0 Å². The number of benzene rings is 1. The van der Waals surface area contributed by atoms with Crippen LogP contribution in [0.1, 0.15) is 68.7 Å². The number of hydrogen-bond donors (Lipinski definition) is 0. The van der Waals surface area contributed by atoms with Crippen LogP contribution in [0.3, 0.4) is 0 Å². The first-order chi connectivity index (χ1) is 8.61. The summed E-state index contributed by atoms with van der Waals surface area (Å²) in [5.41, 5.74) is 0.178. The van der Waals surface area contributed by atoms with E-state index in [4.69, 9.17) is 0 Å². The molecule has 2 heteroatoms. The van der Waals surface area contributed by atoms with E-state index in [0.29, 0.717) is 11.1 Å². The molecule has 0 fully saturated rings. The summed E-state index contributed by atoms with van der Waals surface area (Å²) in [7, 11) is 0. The second-order valence-electron chi connectivity index (χ2n) is 6.69. The molecule has 0 unspecified atom stereocenters. The number of ketones is 2. The number of carbonyl (C=O) groups excluding carboxylic acids is 2. The number of rotatable bonds is 4. The quantitative estimate of drug-likeness (QED) is 0.745. The summed E-state index contributed by atoms with van der Waals surface area (Å²) in [5, 5.41) is 0. The summed E-state index contributed by atoms with van der Waals surface area (Å²) < 4.78 is 0. The average Bonchev–Trinajstić information content (AvgIpc) is 2.35. The highest BCUT2D eigenvalue weighted by molar-refractivity contribution is 6.11. The van der Waals surface area contributed by atoms with Crippen molar-refractivity contribution in [2.45, 2.75) is 48.0 Å². The van der Waals surface area contributed by atoms with Crippen LogP contribution in [-0.4, -0.2) is 11.6 Å². The van der Waals surface area contributed by atoms with Gasteiger partial charge in [0.2, 0.25) is 0 Å². The second kappa shape index (κ2) is 5.28. The molecular weight excluding hydrogens is 236 g/mol. The fraction of sp³-hybridized carbons (Fsp3) is 0.529. The summed E-state index contributed by atoms with van der Waals surface area (Å²) in [6.45, 7) is 11.5. The summed E-state index contributed by atoms with van der Waals surface area (Å²) >= 11 is 0. The van der Waals surface area contributed by atoms with Gasteiger partial charge in [-0.1, -0.05) is 65.8 Å². The zero-order chi connectivity index (χ0) is 14.8. The van der Waals surface area contributed by atoms with E-state index in [1.807, 2.05) is 53.7 Å². The first kappa shape index (κ1) is 15.6. The van der Waals surface area contributed by atoms with Gasteiger partial charge in [-0.3, -0.25) is 9.59 Å². The largest absolute Gasteiger partial charge is 0.294 e. The van der Waals surface area contributed by atoms with Crippen molar-refractivity contribution in [2.75, 3.05) is 0 Å². The molecule has 0 aromatic heterocycles. The molecule has 0 saturated heterocycles. The monoisotopic (exact) mass is 260 g/mol. The lowest BCUT2D eigenvalue weighted by molar-refractivity contribution is 0.0808. The Balaban J connectivity index is 3.32. The topological polar surface area (TPSA) is 34.1 Å².